The Morgan fingerprint density at radius 3 is 2.03 bits per heavy atom. The van der Waals surface area contributed by atoms with Crippen molar-refractivity contribution in [2.24, 2.45) is 11.5 Å². The Morgan fingerprint density at radius 1 is 0.800 bits per heavy atom. The monoisotopic (exact) mass is 496 g/mol. The maximum atomic E-state index is 11.9. The maximum absolute atomic E-state index is 11.9. The highest BCUT2D eigenvalue weighted by molar-refractivity contribution is 5.78. The van der Waals surface area contributed by atoms with Crippen LogP contribution in [0.3, 0.4) is 0 Å². The first-order valence-corrected chi connectivity index (χ1v) is 13.1. The molecule has 35 heavy (non-hydrogen) atoms. The van der Waals surface area contributed by atoms with Crippen LogP contribution in [-0.2, 0) is 28.6 Å². The highest BCUT2D eigenvalue weighted by atomic mass is 16.6. The minimum atomic E-state index is -0.930. The number of nitrogens with two attached hydrogens (primary N) is 2. The van der Waals surface area contributed by atoms with Gasteiger partial charge in [-0.15, -0.1) is 0 Å². The molecule has 4 N–H and O–H groups in total. The van der Waals surface area contributed by atoms with Gasteiger partial charge in [-0.2, -0.15) is 0 Å². The molecule has 8 heteroatoms. The summed E-state index contributed by atoms with van der Waals surface area (Å²) in [5, 5.41) is 0. The van der Waals surface area contributed by atoms with Gasteiger partial charge in [0.1, 0.15) is 25.4 Å². The zero-order valence-electron chi connectivity index (χ0n) is 21.9. The molecule has 202 valence electrons. The van der Waals surface area contributed by atoms with Crippen LogP contribution in [0.25, 0.3) is 0 Å². The van der Waals surface area contributed by atoms with Crippen molar-refractivity contribution in [3.05, 3.63) is 24.3 Å². The van der Waals surface area contributed by atoms with Gasteiger partial charge in [0, 0.05) is 20.0 Å². The molecule has 0 bridgehead atoms. The van der Waals surface area contributed by atoms with E-state index >= 15 is 0 Å². The second-order valence-electron chi connectivity index (χ2n) is 8.76. The van der Waals surface area contributed by atoms with Crippen molar-refractivity contribution in [2.75, 3.05) is 20.3 Å². The molecule has 0 saturated heterocycles. The summed E-state index contributed by atoms with van der Waals surface area (Å²) in [5.41, 5.74) is 10.7. The van der Waals surface area contributed by atoms with Gasteiger partial charge in [-0.05, 0) is 44.9 Å². The highest BCUT2D eigenvalue weighted by Crippen LogP contribution is 2.09. The van der Waals surface area contributed by atoms with E-state index in [0.717, 1.165) is 38.5 Å². The summed E-state index contributed by atoms with van der Waals surface area (Å²) >= 11 is 0. The van der Waals surface area contributed by atoms with E-state index in [2.05, 4.69) is 31.2 Å². The van der Waals surface area contributed by atoms with Crippen molar-refractivity contribution >= 4 is 17.8 Å². The number of unbranched alkanes of at least 4 members (excludes halogenated alkanes) is 8. The van der Waals surface area contributed by atoms with E-state index in [4.69, 9.17) is 25.7 Å². The molecule has 1 amide bonds. The second-order valence-corrected chi connectivity index (χ2v) is 8.76. The van der Waals surface area contributed by atoms with Crippen molar-refractivity contribution in [1.82, 2.24) is 0 Å². The number of esters is 2. The summed E-state index contributed by atoms with van der Waals surface area (Å²) < 4.78 is 15.5. The smallest absolute Gasteiger partial charge is 0.323 e. The Kier molecular flexibility index (Phi) is 22.1. The molecule has 0 fully saturated rings. The highest BCUT2D eigenvalue weighted by Gasteiger charge is 2.19. The number of allylic oxidation sites excluding steroid dienone is 4. The molecular formula is C27H48N2O6. The third-order valence-corrected chi connectivity index (χ3v) is 5.51. The molecule has 2 atom stereocenters. The standard InChI is InChI=1S/C27H48N2O6/c1-3-4-5-6-7-8-9-10-11-12-13-14-15-16-17-18-26(31)34-21-23(33-2)22-35-27(32)24(28)19-20-25(29)30/h7-8,10-11,23-24H,3-6,9,12-22,28H2,1-2H3,(H2,29,30)/b8-7-,11-10-. The number of rotatable bonds is 23. The number of hydrogen-bond donors (Lipinski definition) is 2. The number of primary amides is 1. The van der Waals surface area contributed by atoms with Crippen LogP contribution in [0, 0.1) is 0 Å². The fourth-order valence-corrected chi connectivity index (χ4v) is 3.22. The lowest BCUT2D eigenvalue weighted by Gasteiger charge is -2.17. The molecule has 0 aliphatic rings. The van der Waals surface area contributed by atoms with Crippen LogP contribution < -0.4 is 11.5 Å². The Bertz CT molecular complexity index is 621. The van der Waals surface area contributed by atoms with Gasteiger partial charge < -0.3 is 25.7 Å². The summed E-state index contributed by atoms with van der Waals surface area (Å²) in [4.78, 5) is 34.5. The first kappa shape index (κ1) is 32.8. The fraction of sp³-hybridized carbons (Fsp3) is 0.741. The lowest BCUT2D eigenvalue weighted by atomic mass is 10.1. The third-order valence-electron chi connectivity index (χ3n) is 5.51. The zero-order chi connectivity index (χ0) is 26.2. The molecule has 0 aromatic heterocycles. The molecule has 0 aliphatic heterocycles. The van der Waals surface area contributed by atoms with Gasteiger partial charge in [-0.25, -0.2) is 0 Å². The lowest BCUT2D eigenvalue weighted by molar-refractivity contribution is -0.154. The van der Waals surface area contributed by atoms with E-state index in [-0.39, 0.29) is 32.0 Å². The lowest BCUT2D eigenvalue weighted by Crippen LogP contribution is -2.36. The summed E-state index contributed by atoms with van der Waals surface area (Å²) in [6.07, 6.45) is 21.3. The van der Waals surface area contributed by atoms with Gasteiger partial charge in [-0.1, -0.05) is 63.3 Å². The van der Waals surface area contributed by atoms with Crippen LogP contribution >= 0.6 is 0 Å². The summed E-state index contributed by atoms with van der Waals surface area (Å²) in [6, 6.07) is -0.930. The van der Waals surface area contributed by atoms with Gasteiger partial charge in [-0.3, -0.25) is 14.4 Å². The number of amides is 1. The van der Waals surface area contributed by atoms with Gasteiger partial charge in [0.05, 0.1) is 0 Å². The number of ether oxygens (including phenoxy) is 3. The molecule has 0 aromatic carbocycles. The van der Waals surface area contributed by atoms with Crippen LogP contribution in [-0.4, -0.2) is 50.3 Å². The molecule has 0 aliphatic carbocycles. The van der Waals surface area contributed by atoms with E-state index < -0.39 is 24.0 Å². The van der Waals surface area contributed by atoms with Crippen LogP contribution in [0.15, 0.2) is 24.3 Å². The predicted molar refractivity (Wildman–Crippen MR) is 138 cm³/mol. The first-order chi connectivity index (χ1) is 16.9. The minimum absolute atomic E-state index is 0.000595. The summed E-state index contributed by atoms with van der Waals surface area (Å²) in [5.74, 6) is -1.47. The average molecular weight is 497 g/mol. The van der Waals surface area contributed by atoms with Gasteiger partial charge in [0.15, 0.2) is 0 Å². The normalized spacial score (nSPS) is 13.2. The van der Waals surface area contributed by atoms with E-state index in [0.29, 0.717) is 6.42 Å². The third kappa shape index (κ3) is 22.0. The van der Waals surface area contributed by atoms with E-state index in [1.165, 1.54) is 39.2 Å². The van der Waals surface area contributed by atoms with Crippen LogP contribution in [0.5, 0.6) is 0 Å². The minimum Gasteiger partial charge on any atom is -0.463 e. The quantitative estimate of drug-likeness (QED) is 0.121. The van der Waals surface area contributed by atoms with Crippen LogP contribution in [0.4, 0.5) is 0 Å². The molecule has 8 nitrogen and oxygen atoms in total. The predicted octanol–water partition coefficient (Wildman–Crippen LogP) is 4.49. The number of methoxy groups -OCH3 is 1. The van der Waals surface area contributed by atoms with E-state index in [9.17, 15) is 14.4 Å². The van der Waals surface area contributed by atoms with Crippen molar-refractivity contribution in [3.63, 3.8) is 0 Å². The molecule has 0 saturated carbocycles. The molecule has 2 unspecified atom stereocenters. The van der Waals surface area contributed by atoms with Crippen molar-refractivity contribution in [3.8, 4) is 0 Å². The van der Waals surface area contributed by atoms with Crippen molar-refractivity contribution < 1.29 is 28.6 Å². The maximum Gasteiger partial charge on any atom is 0.323 e. The Labute approximate surface area is 211 Å². The Hall–Kier alpha value is -2.19. The molecule has 0 spiro atoms. The Balaban J connectivity index is 3.71. The van der Waals surface area contributed by atoms with E-state index in [1.807, 2.05) is 0 Å². The van der Waals surface area contributed by atoms with Gasteiger partial charge >= 0.3 is 11.9 Å². The average Bonchev–Trinajstić information content (AvgIpc) is 2.84. The first-order valence-electron chi connectivity index (χ1n) is 13.1. The summed E-state index contributed by atoms with van der Waals surface area (Å²) in [6.45, 7) is 2.14. The van der Waals surface area contributed by atoms with Gasteiger partial charge in [0.2, 0.25) is 5.91 Å². The number of hydrogen-bond acceptors (Lipinski definition) is 7. The summed E-state index contributed by atoms with van der Waals surface area (Å²) in [7, 11) is 1.44. The zero-order valence-corrected chi connectivity index (χ0v) is 21.9. The van der Waals surface area contributed by atoms with Gasteiger partial charge in [0.25, 0.3) is 0 Å². The molecular weight excluding hydrogens is 448 g/mol. The van der Waals surface area contributed by atoms with E-state index in [1.54, 1.807) is 0 Å². The molecule has 0 radical (unpaired) electrons. The second kappa shape index (κ2) is 23.5. The van der Waals surface area contributed by atoms with Crippen molar-refractivity contribution in [1.29, 1.82) is 0 Å². The fourth-order valence-electron chi connectivity index (χ4n) is 3.22. The molecule has 0 heterocycles. The molecule has 0 aromatic rings. The molecule has 0 rings (SSSR count). The number of carbonyl (C=O) groups excluding carboxylic acids is 3. The van der Waals surface area contributed by atoms with Crippen LogP contribution in [0.2, 0.25) is 0 Å². The number of carbonyl (C=O) groups is 3. The topological polar surface area (TPSA) is 131 Å². The Morgan fingerprint density at radius 2 is 1.40 bits per heavy atom. The van der Waals surface area contributed by atoms with Crippen LogP contribution in [0.1, 0.15) is 96.8 Å². The van der Waals surface area contributed by atoms with Crippen molar-refractivity contribution in [2.45, 2.75) is 109 Å². The SMILES string of the molecule is CCCCC/C=C\C/C=C\CCCCCCCC(=O)OCC(COC(=O)C(N)CCC(N)=O)OC. The largest absolute Gasteiger partial charge is 0.463 e.